The maximum Gasteiger partial charge on any atom is 0.127 e. The highest BCUT2D eigenvalue weighted by molar-refractivity contribution is 6.35. The van der Waals surface area contributed by atoms with Gasteiger partial charge >= 0.3 is 0 Å². The van der Waals surface area contributed by atoms with Crippen LogP contribution < -0.4 is 10.5 Å². The minimum atomic E-state index is 0.257. The number of nitrogens with zero attached hydrogens (tertiary/aromatic N) is 1. The van der Waals surface area contributed by atoms with Gasteiger partial charge in [0.15, 0.2) is 0 Å². The van der Waals surface area contributed by atoms with E-state index in [9.17, 15) is 0 Å². The van der Waals surface area contributed by atoms with E-state index in [0.717, 1.165) is 16.5 Å². The summed E-state index contributed by atoms with van der Waals surface area (Å²) in [5, 5.41) is 3.02. The lowest BCUT2D eigenvalue weighted by Gasteiger charge is -2.13. The van der Waals surface area contributed by atoms with Crippen molar-refractivity contribution in [3.8, 4) is 5.75 Å². The summed E-state index contributed by atoms with van der Waals surface area (Å²) in [5.74, 6) is 0.755. The molecule has 2 N–H and O–H groups in total. The number of nitrogens with two attached hydrogens (primary N) is 1. The molecule has 5 heteroatoms. The second-order valence-corrected chi connectivity index (χ2v) is 5.38. The van der Waals surface area contributed by atoms with Crippen molar-refractivity contribution in [3.63, 3.8) is 0 Å². The van der Waals surface area contributed by atoms with Gasteiger partial charge in [-0.05, 0) is 24.3 Å². The summed E-state index contributed by atoms with van der Waals surface area (Å²) in [6.07, 6.45) is 3.53. The maximum atomic E-state index is 6.16. The van der Waals surface area contributed by atoms with E-state index in [0.29, 0.717) is 21.3 Å². The quantitative estimate of drug-likeness (QED) is 0.712. The van der Waals surface area contributed by atoms with Gasteiger partial charge in [-0.25, -0.2) is 0 Å². The molecule has 0 saturated heterocycles. The molecule has 0 fully saturated rings. The second kappa shape index (κ2) is 5.80. The Morgan fingerprint density at radius 1 is 1.05 bits per heavy atom. The summed E-state index contributed by atoms with van der Waals surface area (Å²) < 4.78 is 5.87. The summed E-state index contributed by atoms with van der Waals surface area (Å²) >= 11 is 12.2. The molecule has 1 aromatic heterocycles. The van der Waals surface area contributed by atoms with Crippen molar-refractivity contribution in [2.75, 3.05) is 5.73 Å². The van der Waals surface area contributed by atoms with Gasteiger partial charge in [-0.3, -0.25) is 4.98 Å². The molecule has 2 aromatic carbocycles. The summed E-state index contributed by atoms with van der Waals surface area (Å²) in [6, 6.07) is 11.1. The largest absolute Gasteiger partial charge is 0.488 e. The third-order valence-corrected chi connectivity index (χ3v) is 3.94. The number of hydrogen-bond acceptors (Lipinski definition) is 3. The number of aromatic nitrogens is 1. The summed E-state index contributed by atoms with van der Waals surface area (Å²) in [7, 11) is 0. The lowest BCUT2D eigenvalue weighted by Crippen LogP contribution is -2.02. The summed E-state index contributed by atoms with van der Waals surface area (Å²) in [6.45, 7) is 0.257. The smallest absolute Gasteiger partial charge is 0.127 e. The van der Waals surface area contributed by atoms with Crippen molar-refractivity contribution in [3.05, 3.63) is 64.4 Å². The monoisotopic (exact) mass is 318 g/mol. The molecule has 106 valence electrons. The number of pyridine rings is 1. The van der Waals surface area contributed by atoms with Gasteiger partial charge < -0.3 is 10.5 Å². The molecule has 0 radical (unpaired) electrons. The van der Waals surface area contributed by atoms with Crippen LogP contribution in [0, 0.1) is 0 Å². The maximum absolute atomic E-state index is 6.16. The average Bonchev–Trinajstić information content (AvgIpc) is 2.51. The zero-order chi connectivity index (χ0) is 14.8. The predicted molar refractivity (Wildman–Crippen MR) is 86.9 cm³/mol. The van der Waals surface area contributed by atoms with Crippen molar-refractivity contribution >= 4 is 39.7 Å². The Labute approximate surface area is 132 Å². The first-order valence-corrected chi connectivity index (χ1v) is 7.10. The first-order valence-electron chi connectivity index (χ1n) is 6.34. The third kappa shape index (κ3) is 2.75. The van der Waals surface area contributed by atoms with Gasteiger partial charge in [0, 0.05) is 33.8 Å². The lowest BCUT2D eigenvalue weighted by atomic mass is 10.1. The minimum Gasteiger partial charge on any atom is -0.488 e. The Morgan fingerprint density at radius 3 is 2.71 bits per heavy atom. The number of halogens is 2. The zero-order valence-corrected chi connectivity index (χ0v) is 12.5. The van der Waals surface area contributed by atoms with Crippen molar-refractivity contribution in [1.82, 2.24) is 4.98 Å². The number of hydrogen-bond donors (Lipinski definition) is 1. The molecule has 21 heavy (non-hydrogen) atoms. The number of rotatable bonds is 3. The first-order chi connectivity index (χ1) is 10.2. The molecule has 0 spiro atoms. The van der Waals surface area contributed by atoms with Crippen LogP contribution in [-0.2, 0) is 6.61 Å². The van der Waals surface area contributed by atoms with Crippen molar-refractivity contribution in [2.24, 2.45) is 0 Å². The van der Waals surface area contributed by atoms with E-state index in [1.54, 1.807) is 24.5 Å². The van der Waals surface area contributed by atoms with E-state index in [1.165, 1.54) is 0 Å². The number of nitrogen functional groups attached to an aromatic ring is 1. The van der Waals surface area contributed by atoms with E-state index in [1.807, 2.05) is 24.3 Å². The first kappa shape index (κ1) is 14.0. The van der Waals surface area contributed by atoms with E-state index < -0.39 is 0 Å². The molecular weight excluding hydrogens is 307 g/mol. The van der Waals surface area contributed by atoms with Crippen LogP contribution in [0.2, 0.25) is 10.0 Å². The fourth-order valence-electron chi connectivity index (χ4n) is 2.12. The van der Waals surface area contributed by atoms with E-state index in [2.05, 4.69) is 4.98 Å². The Balaban J connectivity index is 1.93. The van der Waals surface area contributed by atoms with Crippen LogP contribution in [0.1, 0.15) is 5.56 Å². The number of fused-ring (bicyclic) bond motifs is 1. The normalized spacial score (nSPS) is 10.8. The number of anilines is 1. The molecular formula is C16H12Cl2N2O. The fourth-order valence-corrected chi connectivity index (χ4v) is 2.52. The molecule has 0 aliphatic carbocycles. The van der Waals surface area contributed by atoms with E-state index >= 15 is 0 Å². The molecule has 1 heterocycles. The molecule has 0 aliphatic rings. The highest BCUT2D eigenvalue weighted by Crippen LogP contribution is 2.31. The molecule has 0 bridgehead atoms. The Hall–Kier alpha value is -1.97. The molecule has 0 unspecified atom stereocenters. The molecule has 0 amide bonds. The third-order valence-electron chi connectivity index (χ3n) is 3.26. The fraction of sp³-hybridized carbons (Fsp3) is 0.0625. The zero-order valence-electron chi connectivity index (χ0n) is 11.0. The topological polar surface area (TPSA) is 48.1 Å². The Bertz CT molecular complexity index is 800. The molecule has 0 aliphatic heterocycles. The SMILES string of the molecule is Nc1c(Cl)ccc(Cl)c1COc1cccc2cnccc12. The average molecular weight is 319 g/mol. The Kier molecular flexibility index (Phi) is 3.86. The van der Waals surface area contributed by atoms with Crippen molar-refractivity contribution < 1.29 is 4.74 Å². The van der Waals surface area contributed by atoms with Gasteiger partial charge in [-0.15, -0.1) is 0 Å². The molecule has 3 rings (SSSR count). The van der Waals surface area contributed by atoms with Crippen molar-refractivity contribution in [2.45, 2.75) is 6.61 Å². The standard InChI is InChI=1S/C16H12Cl2N2O/c17-13-4-5-14(18)16(19)12(13)9-21-15-3-1-2-10-8-20-7-6-11(10)15/h1-8H,9,19H2. The van der Waals surface area contributed by atoms with Crippen LogP contribution in [0.25, 0.3) is 10.8 Å². The Morgan fingerprint density at radius 2 is 1.86 bits per heavy atom. The van der Waals surface area contributed by atoms with Crippen LogP contribution in [0.5, 0.6) is 5.75 Å². The lowest BCUT2D eigenvalue weighted by molar-refractivity contribution is 0.311. The predicted octanol–water partition coefficient (Wildman–Crippen LogP) is 4.70. The van der Waals surface area contributed by atoms with Crippen LogP contribution in [0.3, 0.4) is 0 Å². The second-order valence-electron chi connectivity index (χ2n) is 4.56. The van der Waals surface area contributed by atoms with Crippen LogP contribution in [0.15, 0.2) is 48.8 Å². The van der Waals surface area contributed by atoms with Crippen molar-refractivity contribution in [1.29, 1.82) is 0 Å². The highest BCUT2D eigenvalue weighted by atomic mass is 35.5. The minimum absolute atomic E-state index is 0.257. The summed E-state index contributed by atoms with van der Waals surface area (Å²) in [4.78, 5) is 4.10. The summed E-state index contributed by atoms with van der Waals surface area (Å²) in [5.41, 5.74) is 7.09. The molecule has 0 saturated carbocycles. The van der Waals surface area contributed by atoms with Gasteiger partial charge in [0.2, 0.25) is 0 Å². The molecule has 3 aromatic rings. The molecule has 0 atom stereocenters. The van der Waals surface area contributed by atoms with Gasteiger partial charge in [0.25, 0.3) is 0 Å². The van der Waals surface area contributed by atoms with Gasteiger partial charge in [0.05, 0.1) is 10.7 Å². The van der Waals surface area contributed by atoms with Gasteiger partial charge in [0.1, 0.15) is 12.4 Å². The highest BCUT2D eigenvalue weighted by Gasteiger charge is 2.10. The van der Waals surface area contributed by atoms with Gasteiger partial charge in [-0.1, -0.05) is 35.3 Å². The number of ether oxygens (including phenoxy) is 1. The van der Waals surface area contributed by atoms with Crippen LogP contribution >= 0.6 is 23.2 Å². The van der Waals surface area contributed by atoms with Crippen LogP contribution in [0.4, 0.5) is 5.69 Å². The van der Waals surface area contributed by atoms with E-state index in [4.69, 9.17) is 33.7 Å². The van der Waals surface area contributed by atoms with Gasteiger partial charge in [-0.2, -0.15) is 0 Å². The number of benzene rings is 2. The van der Waals surface area contributed by atoms with Crippen LogP contribution in [-0.4, -0.2) is 4.98 Å². The molecule has 3 nitrogen and oxygen atoms in total. The van der Waals surface area contributed by atoms with E-state index in [-0.39, 0.29) is 6.61 Å².